The van der Waals surface area contributed by atoms with Crippen LogP contribution in [0.25, 0.3) is 5.76 Å². The Morgan fingerprint density at radius 2 is 1.57 bits per heavy atom. The minimum atomic E-state index is -3.86. The molecule has 0 fully saturated rings. The molecule has 30 heavy (non-hydrogen) atoms. The molecule has 0 radical (unpaired) electrons. The number of nitrogens with zero attached hydrogens (tertiary/aromatic N) is 1. The minimum absolute atomic E-state index is 0.112. The summed E-state index contributed by atoms with van der Waals surface area (Å²) in [7, 11) is -3.86. The highest BCUT2D eigenvalue weighted by Gasteiger charge is 2.44. The normalized spacial score (nSPS) is 18.8. The van der Waals surface area contributed by atoms with E-state index in [1.165, 1.54) is 30.3 Å². The van der Waals surface area contributed by atoms with Gasteiger partial charge in [-0.3, -0.25) is 10.1 Å². The van der Waals surface area contributed by atoms with Crippen LogP contribution in [0.1, 0.15) is 24.5 Å². The van der Waals surface area contributed by atoms with Gasteiger partial charge >= 0.3 is 0 Å². The van der Waals surface area contributed by atoms with Gasteiger partial charge in [-0.1, -0.05) is 60.7 Å². The van der Waals surface area contributed by atoms with Crippen LogP contribution in [-0.4, -0.2) is 13.3 Å². The Kier molecular flexibility index (Phi) is 4.91. The second-order valence-corrected chi connectivity index (χ2v) is 9.22. The third-order valence-corrected chi connectivity index (χ3v) is 7.03. The zero-order valence-corrected chi connectivity index (χ0v) is 17.0. The first-order valence-corrected chi connectivity index (χ1v) is 10.8. The Balaban J connectivity index is 1.90. The van der Waals surface area contributed by atoms with E-state index in [9.17, 15) is 18.5 Å². The van der Waals surface area contributed by atoms with Crippen molar-refractivity contribution in [3.8, 4) is 0 Å². The molecule has 0 N–H and O–H groups in total. The first kappa shape index (κ1) is 19.8. The van der Waals surface area contributed by atoms with Gasteiger partial charge in [-0.25, -0.2) is 8.42 Å². The van der Waals surface area contributed by atoms with Crippen LogP contribution in [0.15, 0.2) is 94.7 Å². The minimum Gasteiger partial charge on any atom is -0.481 e. The highest BCUT2D eigenvalue weighted by molar-refractivity contribution is 7.95. The largest absolute Gasteiger partial charge is 0.481 e. The fourth-order valence-corrected chi connectivity index (χ4v) is 5.27. The summed E-state index contributed by atoms with van der Waals surface area (Å²) in [6.45, 7) is 1.83. The van der Waals surface area contributed by atoms with E-state index in [4.69, 9.17) is 4.74 Å². The Labute approximate surface area is 174 Å². The molecule has 0 bridgehead atoms. The molecule has 152 valence electrons. The number of rotatable bonds is 5. The number of benzene rings is 3. The molecule has 1 unspecified atom stereocenters. The van der Waals surface area contributed by atoms with Crippen molar-refractivity contribution in [2.24, 2.45) is 0 Å². The molecule has 6 nitrogen and oxygen atoms in total. The predicted molar refractivity (Wildman–Crippen MR) is 113 cm³/mol. The average Bonchev–Trinajstić information content (AvgIpc) is 3.15. The number of sulfone groups is 1. The third kappa shape index (κ3) is 3.48. The molecule has 0 saturated carbocycles. The van der Waals surface area contributed by atoms with E-state index in [0.29, 0.717) is 5.56 Å². The van der Waals surface area contributed by atoms with Crippen LogP contribution in [0, 0.1) is 10.1 Å². The molecule has 1 heterocycles. The Morgan fingerprint density at radius 1 is 0.933 bits per heavy atom. The highest BCUT2D eigenvalue weighted by atomic mass is 32.2. The van der Waals surface area contributed by atoms with Gasteiger partial charge in [0.25, 0.3) is 5.69 Å². The molecule has 1 aliphatic heterocycles. The monoisotopic (exact) mass is 421 g/mol. The Bertz CT molecular complexity index is 1240. The second kappa shape index (κ2) is 7.42. The van der Waals surface area contributed by atoms with Crippen molar-refractivity contribution in [2.75, 3.05) is 0 Å². The maximum atomic E-state index is 13.5. The number of ether oxygens (including phenoxy) is 1. The molecule has 0 spiro atoms. The lowest BCUT2D eigenvalue weighted by Gasteiger charge is -2.26. The van der Waals surface area contributed by atoms with Crippen LogP contribution in [0.4, 0.5) is 5.69 Å². The number of non-ortho nitro benzene ring substituents is 1. The summed E-state index contributed by atoms with van der Waals surface area (Å²) >= 11 is 0. The summed E-state index contributed by atoms with van der Waals surface area (Å²) in [5, 5.41) is 11.2. The van der Waals surface area contributed by atoms with Crippen LogP contribution < -0.4 is 0 Å². The fraction of sp³-hybridized carbons (Fsp3) is 0.130. The predicted octanol–water partition coefficient (Wildman–Crippen LogP) is 5.07. The average molecular weight is 421 g/mol. The molecular weight excluding hydrogens is 402 g/mol. The summed E-state index contributed by atoms with van der Waals surface area (Å²) < 4.78 is 33.2. The fourth-order valence-electron chi connectivity index (χ4n) is 3.60. The van der Waals surface area contributed by atoms with E-state index < -0.39 is 20.4 Å². The van der Waals surface area contributed by atoms with E-state index in [1.807, 2.05) is 37.3 Å². The van der Waals surface area contributed by atoms with Crippen molar-refractivity contribution in [1.82, 2.24) is 0 Å². The van der Waals surface area contributed by atoms with Crippen molar-refractivity contribution in [1.29, 1.82) is 0 Å². The summed E-state index contributed by atoms with van der Waals surface area (Å²) in [5.41, 5.74) is 0.135. The van der Waals surface area contributed by atoms with Crippen molar-refractivity contribution in [3.05, 3.63) is 111 Å². The van der Waals surface area contributed by atoms with Crippen molar-refractivity contribution >= 4 is 21.3 Å². The molecule has 1 atom stereocenters. The van der Waals surface area contributed by atoms with Crippen molar-refractivity contribution in [2.45, 2.75) is 23.8 Å². The number of nitro groups is 1. The quantitative estimate of drug-likeness (QED) is 0.424. The third-order valence-electron chi connectivity index (χ3n) is 5.16. The lowest BCUT2D eigenvalue weighted by atomic mass is 9.93. The Morgan fingerprint density at radius 3 is 2.20 bits per heavy atom. The first-order chi connectivity index (χ1) is 14.3. The Hall–Kier alpha value is -3.45. The molecule has 3 aromatic rings. The van der Waals surface area contributed by atoms with Gasteiger partial charge < -0.3 is 4.74 Å². The van der Waals surface area contributed by atoms with Gasteiger partial charge in [0.05, 0.1) is 14.7 Å². The summed E-state index contributed by atoms with van der Waals surface area (Å²) in [6, 6.07) is 23.3. The van der Waals surface area contributed by atoms with Gasteiger partial charge in [0.15, 0.2) is 0 Å². The van der Waals surface area contributed by atoms with Crippen LogP contribution >= 0.6 is 0 Å². The van der Waals surface area contributed by atoms with E-state index in [-0.39, 0.29) is 27.7 Å². The maximum Gasteiger partial charge on any atom is 0.270 e. The number of hydrogen-bond acceptors (Lipinski definition) is 5. The zero-order valence-electron chi connectivity index (χ0n) is 16.2. The van der Waals surface area contributed by atoms with Gasteiger partial charge in [-0.05, 0) is 24.6 Å². The second-order valence-electron chi connectivity index (χ2n) is 7.25. The van der Waals surface area contributed by atoms with E-state index in [1.54, 1.807) is 24.3 Å². The summed E-state index contributed by atoms with van der Waals surface area (Å²) in [4.78, 5) is 11.0. The topological polar surface area (TPSA) is 86.5 Å². The van der Waals surface area contributed by atoms with Crippen LogP contribution in [0.2, 0.25) is 0 Å². The first-order valence-electron chi connectivity index (χ1n) is 9.34. The molecule has 7 heteroatoms. The molecule has 0 amide bonds. The van der Waals surface area contributed by atoms with Crippen LogP contribution in [-0.2, 0) is 20.2 Å². The maximum absolute atomic E-state index is 13.5. The molecule has 0 aromatic heterocycles. The molecular formula is C23H19NO5S. The molecule has 0 aliphatic carbocycles. The molecule has 1 aliphatic rings. The van der Waals surface area contributed by atoms with Gasteiger partial charge in [0.1, 0.15) is 11.4 Å². The smallest absolute Gasteiger partial charge is 0.270 e. The molecule has 0 saturated heterocycles. The number of nitro benzene ring substituents is 1. The van der Waals surface area contributed by atoms with Crippen LogP contribution in [0.5, 0.6) is 0 Å². The van der Waals surface area contributed by atoms with E-state index >= 15 is 0 Å². The lowest BCUT2D eigenvalue weighted by molar-refractivity contribution is -0.384. The summed E-state index contributed by atoms with van der Waals surface area (Å²) in [6.07, 6.45) is 0.117. The van der Waals surface area contributed by atoms with Gasteiger partial charge in [0, 0.05) is 24.1 Å². The number of hydrogen-bond donors (Lipinski definition) is 0. The standard InChI is InChI=1S/C23H19NO5S/c1-23(18-10-4-2-5-11-18)16-21(30(27,28)20-13-6-3-7-14-20)22(29-23)17-9-8-12-19(15-17)24(25)26/h2-15H,16H2,1H3. The van der Waals surface area contributed by atoms with Gasteiger partial charge in [-0.2, -0.15) is 0 Å². The molecule has 3 aromatic carbocycles. The molecule has 4 rings (SSSR count). The zero-order chi connectivity index (χ0) is 21.4. The lowest BCUT2D eigenvalue weighted by Crippen LogP contribution is -2.21. The summed E-state index contributed by atoms with van der Waals surface area (Å²) in [5.74, 6) is 0.147. The highest BCUT2D eigenvalue weighted by Crippen LogP contribution is 2.48. The van der Waals surface area contributed by atoms with Crippen LogP contribution in [0.3, 0.4) is 0 Å². The SMILES string of the molecule is CC1(c2ccccc2)CC(S(=O)(=O)c2ccccc2)=C(c2cccc([N+](=O)[O-])c2)O1. The van der Waals surface area contributed by atoms with Gasteiger partial charge in [-0.15, -0.1) is 0 Å². The van der Waals surface area contributed by atoms with Crippen molar-refractivity contribution in [3.63, 3.8) is 0 Å². The van der Waals surface area contributed by atoms with E-state index in [2.05, 4.69) is 0 Å². The van der Waals surface area contributed by atoms with Gasteiger partial charge in [0.2, 0.25) is 9.84 Å². The van der Waals surface area contributed by atoms with E-state index in [0.717, 1.165) is 5.56 Å². The van der Waals surface area contributed by atoms with Crippen molar-refractivity contribution < 1.29 is 18.1 Å².